The molecule has 1 rings (SSSR count). The predicted octanol–water partition coefficient (Wildman–Crippen LogP) is 5.16. The number of hydrogen-bond acceptors (Lipinski definition) is 7. The maximum Gasteiger partial charge on any atom is 0.513 e. The number of hydrogen-bond donors (Lipinski definition) is 1. The third-order valence-electron chi connectivity index (χ3n) is 5.14. The molecule has 1 aromatic rings. The van der Waals surface area contributed by atoms with Crippen LogP contribution in [0, 0.1) is 22.6 Å². The summed E-state index contributed by atoms with van der Waals surface area (Å²) in [5, 5.41) is 21.6. The first-order valence-corrected chi connectivity index (χ1v) is 11.0. The highest BCUT2D eigenvalue weighted by molar-refractivity contribution is 5.99. The van der Waals surface area contributed by atoms with Gasteiger partial charge in [-0.1, -0.05) is 33.1 Å². The first kappa shape index (κ1) is 27.4. The molecule has 1 aromatic carbocycles. The topological polar surface area (TPSA) is 124 Å². The lowest BCUT2D eigenvalue weighted by Crippen LogP contribution is -2.30. The van der Waals surface area contributed by atoms with Gasteiger partial charge in [-0.05, 0) is 43.9 Å². The molecule has 0 spiro atoms. The molecule has 1 N–H and O–H groups in total. The second-order valence-electron chi connectivity index (χ2n) is 7.34. The minimum Gasteiger partial charge on any atom is -0.499 e. The Labute approximate surface area is 193 Å². The second kappa shape index (κ2) is 13.7. The van der Waals surface area contributed by atoms with E-state index in [1.54, 1.807) is 13.8 Å². The molecule has 10 nitrogen and oxygen atoms in total. The van der Waals surface area contributed by atoms with Gasteiger partial charge in [-0.15, -0.1) is 0 Å². The lowest BCUT2D eigenvalue weighted by molar-refractivity contribution is -0.385. The number of nitrogens with zero attached hydrogens (tertiary/aromatic N) is 3. The van der Waals surface area contributed by atoms with E-state index in [4.69, 9.17) is 16.0 Å². The van der Waals surface area contributed by atoms with Crippen molar-refractivity contribution in [3.05, 3.63) is 44.9 Å². The van der Waals surface area contributed by atoms with E-state index in [9.17, 15) is 24.8 Å². The number of rotatable bonds is 12. The number of phenols is 1. The standard InChI is InChI=1S/C23H31N3O7/c1-6-10-11-16(7-2)15-32-23(29)33-20-14-17(13-19(21(20)27)26(30)31)12-18(24-5)22(28)25(8-3)9-4/h12-14,16,27H,6-11,15H2,1-4H3/b18-12+. The Morgan fingerprint density at radius 3 is 2.45 bits per heavy atom. The van der Waals surface area contributed by atoms with Crippen LogP contribution >= 0.6 is 0 Å². The van der Waals surface area contributed by atoms with Crippen molar-refractivity contribution in [2.75, 3.05) is 19.7 Å². The molecule has 0 aliphatic carbocycles. The van der Waals surface area contributed by atoms with Crippen molar-refractivity contribution in [2.45, 2.75) is 53.4 Å². The quantitative estimate of drug-likeness (QED) is 0.114. The van der Waals surface area contributed by atoms with Crippen LogP contribution in [0.15, 0.2) is 17.8 Å². The highest BCUT2D eigenvalue weighted by atomic mass is 16.7. The first-order valence-electron chi connectivity index (χ1n) is 11.0. The molecule has 10 heteroatoms. The molecule has 0 heterocycles. The van der Waals surface area contributed by atoms with E-state index in [0.717, 1.165) is 43.9 Å². The van der Waals surface area contributed by atoms with Crippen LogP contribution in [0.2, 0.25) is 0 Å². The predicted molar refractivity (Wildman–Crippen MR) is 123 cm³/mol. The zero-order chi connectivity index (χ0) is 25.0. The van der Waals surface area contributed by atoms with Crippen LogP contribution in [0.1, 0.15) is 58.9 Å². The van der Waals surface area contributed by atoms with Crippen molar-refractivity contribution in [2.24, 2.45) is 5.92 Å². The van der Waals surface area contributed by atoms with Gasteiger partial charge in [0.05, 0.1) is 18.1 Å². The normalized spacial score (nSPS) is 11.9. The largest absolute Gasteiger partial charge is 0.513 e. The number of amides is 1. The Morgan fingerprint density at radius 2 is 1.94 bits per heavy atom. The van der Waals surface area contributed by atoms with Crippen LogP contribution in [-0.2, 0) is 9.53 Å². The second-order valence-corrected chi connectivity index (χ2v) is 7.34. The molecule has 180 valence electrons. The lowest BCUT2D eigenvalue weighted by Gasteiger charge is -2.18. The average molecular weight is 462 g/mol. The lowest BCUT2D eigenvalue weighted by atomic mass is 10.0. The number of carbonyl (C=O) groups is 2. The molecule has 0 radical (unpaired) electrons. The van der Waals surface area contributed by atoms with Crippen LogP contribution in [0.5, 0.6) is 11.5 Å². The van der Waals surface area contributed by atoms with E-state index >= 15 is 0 Å². The molecular formula is C23H31N3O7. The molecule has 0 bridgehead atoms. The van der Waals surface area contributed by atoms with Gasteiger partial charge in [-0.2, -0.15) is 0 Å². The van der Waals surface area contributed by atoms with E-state index in [2.05, 4.69) is 11.8 Å². The number of carbonyl (C=O) groups excluding carboxylic acids is 2. The molecule has 0 aromatic heterocycles. The van der Waals surface area contributed by atoms with Crippen LogP contribution in [0.4, 0.5) is 10.5 Å². The number of aromatic hydroxyl groups is 1. The van der Waals surface area contributed by atoms with E-state index in [0.29, 0.717) is 13.1 Å². The van der Waals surface area contributed by atoms with Crippen molar-refractivity contribution in [3.8, 4) is 11.5 Å². The molecule has 33 heavy (non-hydrogen) atoms. The number of likely N-dealkylation sites (N-methyl/N-ethyl adjacent to an activating group) is 1. The van der Waals surface area contributed by atoms with E-state index in [-0.39, 0.29) is 23.8 Å². The monoisotopic (exact) mass is 461 g/mol. The summed E-state index contributed by atoms with van der Waals surface area (Å²) in [6.07, 6.45) is 3.74. The fourth-order valence-electron chi connectivity index (χ4n) is 3.09. The molecule has 1 amide bonds. The minimum atomic E-state index is -1.11. The Morgan fingerprint density at radius 1 is 1.27 bits per heavy atom. The van der Waals surface area contributed by atoms with Gasteiger partial charge in [-0.3, -0.25) is 14.9 Å². The minimum absolute atomic E-state index is 0.0446. The summed E-state index contributed by atoms with van der Waals surface area (Å²) in [4.78, 5) is 39.8. The summed E-state index contributed by atoms with van der Waals surface area (Å²) in [6.45, 7) is 15.8. The third kappa shape index (κ3) is 8.11. The highest BCUT2D eigenvalue weighted by Gasteiger charge is 2.24. The van der Waals surface area contributed by atoms with Gasteiger partial charge in [0.2, 0.25) is 5.75 Å². The Balaban J connectivity index is 3.20. The van der Waals surface area contributed by atoms with Gasteiger partial charge in [0.25, 0.3) is 11.6 Å². The number of ether oxygens (including phenoxy) is 2. The molecule has 0 fully saturated rings. The molecular weight excluding hydrogens is 430 g/mol. The number of phenolic OH excluding ortho intramolecular Hbond substituents is 1. The summed E-state index contributed by atoms with van der Waals surface area (Å²) in [5.74, 6) is -1.74. The Kier molecular flexibility index (Phi) is 11.4. The van der Waals surface area contributed by atoms with Crippen molar-refractivity contribution in [1.29, 1.82) is 0 Å². The van der Waals surface area contributed by atoms with E-state index < -0.39 is 34.2 Å². The zero-order valence-electron chi connectivity index (χ0n) is 19.5. The number of benzene rings is 1. The molecule has 1 unspecified atom stereocenters. The van der Waals surface area contributed by atoms with Crippen LogP contribution < -0.4 is 4.74 Å². The maximum absolute atomic E-state index is 12.5. The smallest absolute Gasteiger partial charge is 0.499 e. The van der Waals surface area contributed by atoms with Crippen LogP contribution in [0.25, 0.3) is 10.9 Å². The van der Waals surface area contributed by atoms with Crippen molar-refractivity contribution >= 4 is 23.8 Å². The van der Waals surface area contributed by atoms with E-state index in [1.165, 1.54) is 4.90 Å². The van der Waals surface area contributed by atoms with Gasteiger partial charge >= 0.3 is 11.8 Å². The van der Waals surface area contributed by atoms with Crippen molar-refractivity contribution in [3.63, 3.8) is 0 Å². The first-order chi connectivity index (χ1) is 15.7. The molecule has 0 aliphatic heterocycles. The maximum atomic E-state index is 12.5. The third-order valence-corrected chi connectivity index (χ3v) is 5.14. The fraction of sp³-hybridized carbons (Fsp3) is 0.522. The molecule has 1 atom stereocenters. The van der Waals surface area contributed by atoms with Crippen LogP contribution in [-0.4, -0.2) is 46.7 Å². The number of nitro groups is 1. The van der Waals surface area contributed by atoms with Gasteiger partial charge < -0.3 is 19.5 Å². The summed E-state index contributed by atoms with van der Waals surface area (Å²) >= 11 is 0. The summed E-state index contributed by atoms with van der Waals surface area (Å²) in [7, 11) is 0. The highest BCUT2D eigenvalue weighted by Crippen LogP contribution is 2.38. The van der Waals surface area contributed by atoms with Gasteiger partial charge in [0, 0.05) is 19.2 Å². The Hall–Kier alpha value is -3.61. The summed E-state index contributed by atoms with van der Waals surface area (Å²) in [5.41, 5.74) is -0.960. The van der Waals surface area contributed by atoms with Gasteiger partial charge in [0.15, 0.2) is 5.75 Å². The SMILES string of the molecule is [C-]#[N+]/C(=C/c1cc(OC(=O)OCC(CC)CCCC)c(O)c([N+](=O)[O-])c1)C(=O)N(CC)CC. The average Bonchev–Trinajstić information content (AvgIpc) is 2.79. The fourth-order valence-corrected chi connectivity index (χ4v) is 3.09. The van der Waals surface area contributed by atoms with Crippen molar-refractivity contribution in [1.82, 2.24) is 4.90 Å². The summed E-state index contributed by atoms with van der Waals surface area (Å²) < 4.78 is 10.1. The van der Waals surface area contributed by atoms with E-state index in [1.807, 2.05) is 6.92 Å². The molecule has 0 saturated heterocycles. The summed E-state index contributed by atoms with van der Waals surface area (Å²) in [6, 6.07) is 2.13. The molecule has 0 saturated carbocycles. The van der Waals surface area contributed by atoms with Crippen molar-refractivity contribution < 1.29 is 29.1 Å². The molecule has 0 aliphatic rings. The Bertz CT molecular complexity index is 917. The number of nitro benzene ring substituents is 1. The van der Waals surface area contributed by atoms with Gasteiger partial charge in [-0.25, -0.2) is 9.64 Å². The zero-order valence-corrected chi connectivity index (χ0v) is 19.5. The van der Waals surface area contributed by atoms with Crippen LogP contribution in [0.3, 0.4) is 0 Å². The van der Waals surface area contributed by atoms with Gasteiger partial charge in [0.1, 0.15) is 0 Å². The number of unbranched alkanes of at least 4 members (excludes halogenated alkanes) is 1.